The van der Waals surface area contributed by atoms with Gasteiger partial charge in [-0.2, -0.15) is 0 Å². The summed E-state index contributed by atoms with van der Waals surface area (Å²) in [6, 6.07) is 10.4. The number of nitrogens with zero attached hydrogens (tertiary/aromatic N) is 2. The molecule has 1 aromatic carbocycles. The van der Waals surface area contributed by atoms with Crippen LogP contribution in [0.3, 0.4) is 0 Å². The number of hydrogen-bond acceptors (Lipinski definition) is 4. The predicted octanol–water partition coefficient (Wildman–Crippen LogP) is 3.86. The van der Waals surface area contributed by atoms with Crippen LogP contribution in [0.15, 0.2) is 35.2 Å². The number of nitrogens with two attached hydrogens (primary N) is 1. The van der Waals surface area contributed by atoms with E-state index in [9.17, 15) is 0 Å². The molecule has 0 radical (unpaired) electrons. The third-order valence-electron chi connectivity index (χ3n) is 2.85. The normalized spacial score (nSPS) is 11.0. The lowest BCUT2D eigenvalue weighted by atomic mass is 10.1. The van der Waals surface area contributed by atoms with E-state index < -0.39 is 0 Å². The number of aryl methyl sites for hydroxylation is 1. The molecule has 0 bridgehead atoms. The molecule has 0 aliphatic heterocycles. The summed E-state index contributed by atoms with van der Waals surface area (Å²) in [5.41, 5.74) is 8.17. The molecule has 0 aliphatic carbocycles. The molecule has 2 N–H and O–H groups in total. The molecular weight excluding hydrogens is 266 g/mol. The van der Waals surface area contributed by atoms with Gasteiger partial charge in [-0.3, -0.25) is 0 Å². The van der Waals surface area contributed by atoms with E-state index in [0.29, 0.717) is 11.7 Å². The van der Waals surface area contributed by atoms with Gasteiger partial charge in [0.1, 0.15) is 11.6 Å². The molecule has 1 aromatic heterocycles. The highest BCUT2D eigenvalue weighted by Gasteiger charge is 2.06. The molecule has 0 atom stereocenters. The van der Waals surface area contributed by atoms with Crippen molar-refractivity contribution in [2.45, 2.75) is 37.8 Å². The Morgan fingerprint density at radius 1 is 1.15 bits per heavy atom. The van der Waals surface area contributed by atoms with Gasteiger partial charge >= 0.3 is 0 Å². The number of nitrogen functional groups attached to an aromatic ring is 1. The highest BCUT2D eigenvalue weighted by atomic mass is 32.2. The summed E-state index contributed by atoms with van der Waals surface area (Å²) < 4.78 is 0. The third kappa shape index (κ3) is 4.53. The Labute approximate surface area is 125 Å². The second-order valence-corrected chi connectivity index (χ2v) is 6.45. The van der Waals surface area contributed by atoms with E-state index in [1.807, 2.05) is 6.07 Å². The predicted molar refractivity (Wildman–Crippen MR) is 85.7 cm³/mol. The van der Waals surface area contributed by atoms with Gasteiger partial charge in [-0.15, -0.1) is 11.8 Å². The smallest absolute Gasteiger partial charge is 0.141 e. The summed E-state index contributed by atoms with van der Waals surface area (Å²) in [4.78, 5) is 10.1. The first-order valence-electron chi connectivity index (χ1n) is 6.84. The molecule has 2 rings (SSSR count). The van der Waals surface area contributed by atoms with Crippen molar-refractivity contribution in [3.63, 3.8) is 0 Å². The molecule has 2 aromatic rings. The van der Waals surface area contributed by atoms with Gasteiger partial charge in [-0.1, -0.05) is 31.5 Å². The van der Waals surface area contributed by atoms with Crippen LogP contribution in [0.25, 0.3) is 0 Å². The minimum atomic E-state index is 0.565. The van der Waals surface area contributed by atoms with Crippen molar-refractivity contribution in [1.29, 1.82) is 0 Å². The Hall–Kier alpha value is -1.55. The number of rotatable bonds is 5. The summed E-state index contributed by atoms with van der Waals surface area (Å²) in [5.74, 6) is 2.70. The van der Waals surface area contributed by atoms with Crippen molar-refractivity contribution < 1.29 is 0 Å². The summed E-state index contributed by atoms with van der Waals surface area (Å²) in [7, 11) is 0. The number of benzene rings is 1. The second kappa shape index (κ2) is 6.75. The SMILES string of the molecule is Cc1ccc(SCc2nc(N)cc(CC(C)C)n2)cc1. The first-order valence-corrected chi connectivity index (χ1v) is 7.83. The van der Waals surface area contributed by atoms with Crippen molar-refractivity contribution in [2.24, 2.45) is 5.92 Å². The monoisotopic (exact) mass is 287 g/mol. The lowest BCUT2D eigenvalue weighted by Crippen LogP contribution is -2.05. The van der Waals surface area contributed by atoms with E-state index in [0.717, 1.165) is 23.7 Å². The van der Waals surface area contributed by atoms with Gasteiger partial charge in [-0.25, -0.2) is 9.97 Å². The van der Waals surface area contributed by atoms with Crippen LogP contribution >= 0.6 is 11.8 Å². The Morgan fingerprint density at radius 3 is 2.50 bits per heavy atom. The summed E-state index contributed by atoms with van der Waals surface area (Å²) >= 11 is 1.74. The topological polar surface area (TPSA) is 51.8 Å². The van der Waals surface area contributed by atoms with Gasteiger partial charge < -0.3 is 5.73 Å². The van der Waals surface area contributed by atoms with Gasteiger partial charge in [-0.05, 0) is 31.4 Å². The van der Waals surface area contributed by atoms with Crippen molar-refractivity contribution in [3.8, 4) is 0 Å². The van der Waals surface area contributed by atoms with Gasteiger partial charge in [0.2, 0.25) is 0 Å². The summed E-state index contributed by atoms with van der Waals surface area (Å²) in [6.45, 7) is 6.45. The zero-order valence-corrected chi connectivity index (χ0v) is 13.1. The lowest BCUT2D eigenvalue weighted by Gasteiger charge is -2.08. The average Bonchev–Trinajstić information content (AvgIpc) is 2.36. The third-order valence-corrected chi connectivity index (χ3v) is 3.86. The van der Waals surface area contributed by atoms with Crippen LogP contribution in [0.4, 0.5) is 5.82 Å². The minimum Gasteiger partial charge on any atom is -0.384 e. The standard InChI is InChI=1S/C16H21N3S/c1-11(2)8-13-9-15(17)19-16(18-13)10-20-14-6-4-12(3)5-7-14/h4-7,9,11H,8,10H2,1-3H3,(H2,17,18,19). The fraction of sp³-hybridized carbons (Fsp3) is 0.375. The molecule has 3 nitrogen and oxygen atoms in total. The molecule has 106 valence electrons. The molecule has 0 saturated heterocycles. The van der Waals surface area contributed by atoms with Crippen molar-refractivity contribution in [1.82, 2.24) is 9.97 Å². The van der Waals surface area contributed by atoms with E-state index in [-0.39, 0.29) is 0 Å². The maximum atomic E-state index is 5.86. The highest BCUT2D eigenvalue weighted by molar-refractivity contribution is 7.98. The van der Waals surface area contributed by atoms with Gasteiger partial charge in [0.05, 0.1) is 5.75 Å². The van der Waals surface area contributed by atoms with Gasteiger partial charge in [0, 0.05) is 16.7 Å². The number of anilines is 1. The van der Waals surface area contributed by atoms with Crippen LogP contribution in [0, 0.1) is 12.8 Å². The lowest BCUT2D eigenvalue weighted by molar-refractivity contribution is 0.632. The van der Waals surface area contributed by atoms with Gasteiger partial charge in [0.25, 0.3) is 0 Å². The highest BCUT2D eigenvalue weighted by Crippen LogP contribution is 2.22. The Kier molecular flexibility index (Phi) is 5.01. The van der Waals surface area contributed by atoms with E-state index in [1.54, 1.807) is 11.8 Å². The number of aromatic nitrogens is 2. The maximum absolute atomic E-state index is 5.86. The largest absolute Gasteiger partial charge is 0.384 e. The minimum absolute atomic E-state index is 0.565. The first-order chi connectivity index (χ1) is 9.52. The second-order valence-electron chi connectivity index (χ2n) is 5.40. The molecule has 0 aliphatic rings. The van der Waals surface area contributed by atoms with E-state index in [4.69, 9.17) is 5.73 Å². The fourth-order valence-corrected chi connectivity index (χ4v) is 2.70. The first kappa shape index (κ1) is 14.9. The van der Waals surface area contributed by atoms with Crippen LogP contribution in [0.1, 0.15) is 30.9 Å². The molecule has 0 fully saturated rings. The van der Waals surface area contributed by atoms with Gasteiger partial charge in [0.15, 0.2) is 0 Å². The van der Waals surface area contributed by atoms with Crippen molar-refractivity contribution >= 4 is 17.6 Å². The molecular formula is C16H21N3S. The maximum Gasteiger partial charge on any atom is 0.141 e. The average molecular weight is 287 g/mol. The molecule has 0 amide bonds. The Morgan fingerprint density at radius 2 is 1.85 bits per heavy atom. The van der Waals surface area contributed by atoms with Crippen molar-refractivity contribution in [3.05, 3.63) is 47.4 Å². The Bertz CT molecular complexity index is 564. The van der Waals surface area contributed by atoms with Crippen LogP contribution in [0.5, 0.6) is 0 Å². The number of thioether (sulfide) groups is 1. The summed E-state index contributed by atoms with van der Waals surface area (Å²) in [5, 5.41) is 0. The van der Waals surface area contributed by atoms with E-state index in [1.165, 1.54) is 10.5 Å². The number of hydrogen-bond donors (Lipinski definition) is 1. The fourth-order valence-electron chi connectivity index (χ4n) is 1.94. The van der Waals surface area contributed by atoms with Crippen molar-refractivity contribution in [2.75, 3.05) is 5.73 Å². The molecule has 0 unspecified atom stereocenters. The Balaban J connectivity index is 2.05. The van der Waals surface area contributed by atoms with E-state index >= 15 is 0 Å². The molecule has 1 heterocycles. The van der Waals surface area contributed by atoms with E-state index in [2.05, 4.69) is 55.0 Å². The molecule has 0 saturated carbocycles. The molecule has 4 heteroatoms. The van der Waals surface area contributed by atoms with Crippen LogP contribution in [-0.2, 0) is 12.2 Å². The zero-order chi connectivity index (χ0) is 14.5. The molecule has 20 heavy (non-hydrogen) atoms. The molecule has 0 spiro atoms. The van der Waals surface area contributed by atoms with Crippen LogP contribution in [-0.4, -0.2) is 9.97 Å². The van der Waals surface area contributed by atoms with Crippen LogP contribution in [0.2, 0.25) is 0 Å². The zero-order valence-electron chi connectivity index (χ0n) is 12.3. The summed E-state index contributed by atoms with van der Waals surface area (Å²) in [6.07, 6.45) is 0.939. The quantitative estimate of drug-likeness (QED) is 0.848. The van der Waals surface area contributed by atoms with Crippen LogP contribution < -0.4 is 5.73 Å².